The number of aromatic nitrogens is 4. The Bertz CT molecular complexity index is 1530. The SMILES string of the molecule is Cn1c(=O)c2cc(F)c(-c3cnc(C(C)(C)O)nc3)cc2n1Cc1cc(CC#N)ccc1OC(F)F. The van der Waals surface area contributed by atoms with Crippen LogP contribution in [0, 0.1) is 17.1 Å². The molecule has 1 N–H and O–H groups in total. The summed E-state index contributed by atoms with van der Waals surface area (Å²) in [6.45, 7) is -0.0806. The molecule has 0 unspecified atom stereocenters. The molecule has 186 valence electrons. The first kappa shape index (κ1) is 24.9. The molecule has 0 aliphatic rings. The lowest BCUT2D eigenvalue weighted by molar-refractivity contribution is -0.0505. The molecule has 0 spiro atoms. The van der Waals surface area contributed by atoms with Crippen molar-refractivity contribution in [1.29, 1.82) is 5.26 Å². The van der Waals surface area contributed by atoms with Crippen LogP contribution in [0.15, 0.2) is 47.5 Å². The number of hydrogen-bond donors (Lipinski definition) is 1. The zero-order valence-corrected chi connectivity index (χ0v) is 19.7. The van der Waals surface area contributed by atoms with Crippen molar-refractivity contribution in [3.8, 4) is 22.9 Å². The van der Waals surface area contributed by atoms with Crippen LogP contribution in [0.3, 0.4) is 0 Å². The molecular formula is C25H22F3N5O3. The molecular weight excluding hydrogens is 475 g/mol. The average molecular weight is 497 g/mol. The lowest BCUT2D eigenvalue weighted by Gasteiger charge is -2.16. The van der Waals surface area contributed by atoms with Crippen molar-refractivity contribution < 1.29 is 23.0 Å². The predicted molar refractivity (Wildman–Crippen MR) is 125 cm³/mol. The highest BCUT2D eigenvalue weighted by Crippen LogP contribution is 2.29. The number of nitrogens with zero attached hydrogens (tertiary/aromatic N) is 5. The zero-order valence-electron chi connectivity index (χ0n) is 19.7. The van der Waals surface area contributed by atoms with E-state index in [-0.39, 0.29) is 35.5 Å². The smallest absolute Gasteiger partial charge is 0.387 e. The van der Waals surface area contributed by atoms with Crippen LogP contribution in [0.25, 0.3) is 22.0 Å². The van der Waals surface area contributed by atoms with E-state index in [0.717, 1.165) is 6.07 Å². The van der Waals surface area contributed by atoms with Gasteiger partial charge in [0, 0.05) is 36.1 Å². The summed E-state index contributed by atoms with van der Waals surface area (Å²) >= 11 is 0. The average Bonchev–Trinajstić information content (AvgIpc) is 3.04. The molecule has 0 amide bonds. The Morgan fingerprint density at radius 3 is 2.50 bits per heavy atom. The summed E-state index contributed by atoms with van der Waals surface area (Å²) < 4.78 is 48.5. The molecule has 0 bridgehead atoms. The third kappa shape index (κ3) is 4.81. The molecule has 0 saturated heterocycles. The summed E-state index contributed by atoms with van der Waals surface area (Å²) in [5.41, 5.74) is -0.0632. The maximum Gasteiger partial charge on any atom is 0.387 e. The van der Waals surface area contributed by atoms with Gasteiger partial charge in [0.1, 0.15) is 17.2 Å². The Morgan fingerprint density at radius 1 is 1.19 bits per heavy atom. The Morgan fingerprint density at radius 2 is 1.89 bits per heavy atom. The van der Waals surface area contributed by atoms with Crippen LogP contribution < -0.4 is 10.3 Å². The van der Waals surface area contributed by atoms with E-state index >= 15 is 4.39 Å². The van der Waals surface area contributed by atoms with Gasteiger partial charge in [-0.3, -0.25) is 14.2 Å². The minimum atomic E-state index is -3.07. The van der Waals surface area contributed by atoms with Crippen molar-refractivity contribution in [3.63, 3.8) is 0 Å². The van der Waals surface area contributed by atoms with E-state index in [4.69, 9.17) is 5.26 Å². The number of ether oxygens (including phenoxy) is 1. The highest BCUT2D eigenvalue weighted by atomic mass is 19.3. The molecule has 4 aromatic rings. The van der Waals surface area contributed by atoms with Crippen molar-refractivity contribution in [2.45, 2.75) is 39.0 Å². The van der Waals surface area contributed by atoms with E-state index in [1.165, 1.54) is 60.9 Å². The first-order chi connectivity index (χ1) is 17.0. The number of alkyl halides is 2. The first-order valence-electron chi connectivity index (χ1n) is 10.9. The highest BCUT2D eigenvalue weighted by molar-refractivity contribution is 5.84. The summed E-state index contributed by atoms with van der Waals surface area (Å²) in [5.74, 6) is -0.609. The third-order valence-electron chi connectivity index (χ3n) is 5.70. The normalized spacial score (nSPS) is 11.8. The topological polar surface area (TPSA) is 106 Å². The van der Waals surface area contributed by atoms with Crippen molar-refractivity contribution >= 4 is 10.9 Å². The van der Waals surface area contributed by atoms with Crippen molar-refractivity contribution in [1.82, 2.24) is 19.3 Å². The Balaban J connectivity index is 1.85. The molecule has 2 aromatic heterocycles. The molecule has 36 heavy (non-hydrogen) atoms. The van der Waals surface area contributed by atoms with E-state index in [9.17, 15) is 18.7 Å². The summed E-state index contributed by atoms with van der Waals surface area (Å²) in [5, 5.41) is 19.2. The van der Waals surface area contributed by atoms with Crippen LogP contribution in [0.1, 0.15) is 30.8 Å². The van der Waals surface area contributed by atoms with Crippen LogP contribution >= 0.6 is 0 Å². The number of halogens is 3. The van der Waals surface area contributed by atoms with Gasteiger partial charge < -0.3 is 9.84 Å². The monoisotopic (exact) mass is 497 g/mol. The molecule has 8 nitrogen and oxygen atoms in total. The van der Waals surface area contributed by atoms with Crippen LogP contribution in [0.5, 0.6) is 5.75 Å². The Kier molecular flexibility index (Phi) is 6.56. The molecule has 0 fully saturated rings. The van der Waals surface area contributed by atoms with E-state index in [1.807, 2.05) is 6.07 Å². The number of nitriles is 1. The number of benzene rings is 2. The molecule has 0 aliphatic heterocycles. The van der Waals surface area contributed by atoms with E-state index in [2.05, 4.69) is 14.7 Å². The fourth-order valence-electron chi connectivity index (χ4n) is 3.92. The minimum absolute atomic E-state index is 0.0588. The number of aliphatic hydroxyl groups is 1. The van der Waals surface area contributed by atoms with Gasteiger partial charge in [0.2, 0.25) is 0 Å². The molecule has 0 saturated carbocycles. The van der Waals surface area contributed by atoms with Gasteiger partial charge in [-0.2, -0.15) is 14.0 Å². The lowest BCUT2D eigenvalue weighted by atomic mass is 10.0. The van der Waals surface area contributed by atoms with Gasteiger partial charge in [0.25, 0.3) is 5.56 Å². The molecule has 0 atom stereocenters. The zero-order chi connectivity index (χ0) is 26.2. The number of fused-ring (bicyclic) bond motifs is 1. The quantitative estimate of drug-likeness (QED) is 0.416. The van der Waals surface area contributed by atoms with Gasteiger partial charge in [0.05, 0.1) is 29.9 Å². The van der Waals surface area contributed by atoms with Gasteiger partial charge in [-0.15, -0.1) is 0 Å². The Hall–Kier alpha value is -4.17. The predicted octanol–water partition coefficient (Wildman–Crippen LogP) is 3.88. The van der Waals surface area contributed by atoms with Crippen molar-refractivity contribution in [3.05, 3.63) is 75.8 Å². The molecule has 2 aromatic carbocycles. The van der Waals surface area contributed by atoms with Crippen LogP contribution in [-0.2, 0) is 25.6 Å². The second-order valence-electron chi connectivity index (χ2n) is 8.75. The maximum atomic E-state index is 15.0. The highest BCUT2D eigenvalue weighted by Gasteiger charge is 2.21. The minimum Gasteiger partial charge on any atom is -0.434 e. The summed E-state index contributed by atoms with van der Waals surface area (Å²) in [6, 6.07) is 9.00. The molecule has 0 aliphatic carbocycles. The second-order valence-corrected chi connectivity index (χ2v) is 8.75. The molecule has 4 rings (SSSR count). The molecule has 0 radical (unpaired) electrons. The van der Waals surface area contributed by atoms with Crippen molar-refractivity contribution in [2.24, 2.45) is 7.05 Å². The fourth-order valence-corrected chi connectivity index (χ4v) is 3.92. The van der Waals surface area contributed by atoms with Gasteiger partial charge >= 0.3 is 6.61 Å². The first-order valence-corrected chi connectivity index (χ1v) is 10.9. The van der Waals surface area contributed by atoms with Crippen molar-refractivity contribution in [2.75, 3.05) is 0 Å². The van der Waals surface area contributed by atoms with E-state index < -0.39 is 23.6 Å². The van der Waals surface area contributed by atoms with Gasteiger partial charge in [0.15, 0.2) is 5.82 Å². The number of hydrogen-bond acceptors (Lipinski definition) is 6. The van der Waals surface area contributed by atoms with E-state index in [1.54, 1.807) is 6.07 Å². The van der Waals surface area contributed by atoms with Crippen LogP contribution in [0.4, 0.5) is 13.2 Å². The maximum absolute atomic E-state index is 15.0. The Labute approximate surface area is 203 Å². The van der Waals surface area contributed by atoms with E-state index in [0.29, 0.717) is 22.2 Å². The van der Waals surface area contributed by atoms with Gasteiger partial charge in [-0.05, 0) is 43.7 Å². The molecule has 2 heterocycles. The largest absolute Gasteiger partial charge is 0.434 e. The molecule has 11 heteroatoms. The fraction of sp³-hybridized carbons (Fsp3) is 0.280. The summed E-state index contributed by atoms with van der Waals surface area (Å²) in [6.07, 6.45) is 2.80. The number of rotatable bonds is 7. The second kappa shape index (κ2) is 9.47. The summed E-state index contributed by atoms with van der Waals surface area (Å²) in [7, 11) is 1.48. The van der Waals surface area contributed by atoms with Crippen LogP contribution in [-0.4, -0.2) is 31.0 Å². The standard InChI is InChI=1S/C25H22F3N5O3/c1-25(2,35)23-30-11-16(12-31-23)17-10-20-18(9-19(17)26)22(34)32(3)33(20)13-15-8-14(6-7-29)4-5-21(15)36-24(27)28/h4-5,8-12,24,35H,6,13H2,1-3H3. The van der Waals surface area contributed by atoms with Gasteiger partial charge in [-0.25, -0.2) is 14.4 Å². The lowest BCUT2D eigenvalue weighted by Crippen LogP contribution is -2.20. The van der Waals surface area contributed by atoms with Crippen LogP contribution in [0.2, 0.25) is 0 Å². The van der Waals surface area contributed by atoms with Gasteiger partial charge in [-0.1, -0.05) is 6.07 Å². The summed E-state index contributed by atoms with van der Waals surface area (Å²) in [4.78, 5) is 21.1. The third-order valence-corrected chi connectivity index (χ3v) is 5.70.